The quantitative estimate of drug-likeness (QED) is 0.215. The van der Waals surface area contributed by atoms with Gasteiger partial charge in [-0.2, -0.15) is 0 Å². The van der Waals surface area contributed by atoms with Crippen LogP contribution in [-0.4, -0.2) is 11.7 Å². The molecule has 0 saturated carbocycles. The van der Waals surface area contributed by atoms with Crippen LogP contribution in [0, 0.1) is 23.7 Å². The fourth-order valence-corrected chi connectivity index (χ4v) is 3.49. The Kier molecular flexibility index (Phi) is 18.4. The van der Waals surface area contributed by atoms with Gasteiger partial charge in [-0.05, 0) is 49.5 Å². The third-order valence-corrected chi connectivity index (χ3v) is 5.31. The summed E-state index contributed by atoms with van der Waals surface area (Å²) in [5.74, 6) is 12.4. The first-order valence-corrected chi connectivity index (χ1v) is 12.0. The number of aryl methyl sites for hydroxylation is 1. The van der Waals surface area contributed by atoms with Gasteiger partial charge in [-0.15, -0.1) is 0 Å². The molecule has 160 valence electrons. The van der Waals surface area contributed by atoms with Gasteiger partial charge in [-0.1, -0.05) is 106 Å². The van der Waals surface area contributed by atoms with Crippen molar-refractivity contribution in [1.82, 2.24) is 0 Å². The zero-order valence-electron chi connectivity index (χ0n) is 18.6. The van der Waals surface area contributed by atoms with Gasteiger partial charge in [0.1, 0.15) is 0 Å². The second-order valence-electron chi connectivity index (χ2n) is 8.01. The van der Waals surface area contributed by atoms with Gasteiger partial charge < -0.3 is 5.11 Å². The van der Waals surface area contributed by atoms with Crippen LogP contribution in [0.1, 0.15) is 108 Å². The molecule has 0 fully saturated rings. The molecule has 1 heteroatoms. The molecule has 0 aliphatic heterocycles. The zero-order chi connectivity index (χ0) is 20.7. The molecule has 1 aromatic carbocycles. The van der Waals surface area contributed by atoms with Gasteiger partial charge >= 0.3 is 0 Å². The van der Waals surface area contributed by atoms with Crippen molar-refractivity contribution in [2.24, 2.45) is 0 Å². The van der Waals surface area contributed by atoms with Crippen LogP contribution in [0.3, 0.4) is 0 Å². The molecule has 1 N–H and O–H groups in total. The molecule has 0 saturated heterocycles. The topological polar surface area (TPSA) is 20.2 Å². The van der Waals surface area contributed by atoms with Gasteiger partial charge in [-0.3, -0.25) is 0 Å². The van der Waals surface area contributed by atoms with Crippen molar-refractivity contribution in [3.05, 3.63) is 35.9 Å². The molecule has 0 bridgehead atoms. The molecular weight excluding hydrogens is 352 g/mol. The van der Waals surface area contributed by atoms with Gasteiger partial charge in [0.15, 0.2) is 0 Å². The third-order valence-electron chi connectivity index (χ3n) is 5.31. The van der Waals surface area contributed by atoms with Crippen LogP contribution < -0.4 is 0 Å². The normalized spacial score (nSPS) is 10.1. The minimum atomic E-state index is 0.339. The van der Waals surface area contributed by atoms with Crippen LogP contribution in [0.15, 0.2) is 30.3 Å². The summed E-state index contributed by atoms with van der Waals surface area (Å²) < 4.78 is 0. The van der Waals surface area contributed by atoms with E-state index in [9.17, 15) is 0 Å². The van der Waals surface area contributed by atoms with Gasteiger partial charge in [-0.25, -0.2) is 0 Å². The van der Waals surface area contributed by atoms with E-state index in [-0.39, 0.29) is 0 Å². The van der Waals surface area contributed by atoms with Crippen molar-refractivity contribution < 1.29 is 5.11 Å². The smallest absolute Gasteiger partial charge is 0.0431 e. The van der Waals surface area contributed by atoms with Crippen LogP contribution in [-0.2, 0) is 6.42 Å². The molecule has 1 aromatic rings. The second-order valence-corrected chi connectivity index (χ2v) is 8.01. The lowest BCUT2D eigenvalue weighted by molar-refractivity contribution is 0.282. The molecule has 0 aliphatic rings. The van der Waals surface area contributed by atoms with Gasteiger partial charge in [0.25, 0.3) is 0 Å². The van der Waals surface area contributed by atoms with Crippen molar-refractivity contribution in [3.8, 4) is 23.7 Å². The fraction of sp³-hybridized carbons (Fsp3) is 0.643. The first-order valence-electron chi connectivity index (χ1n) is 12.0. The first kappa shape index (κ1) is 25.3. The van der Waals surface area contributed by atoms with Crippen LogP contribution in [0.4, 0.5) is 0 Å². The lowest BCUT2D eigenvalue weighted by Gasteiger charge is -2.02. The highest BCUT2D eigenvalue weighted by atomic mass is 16.2. The van der Waals surface area contributed by atoms with Crippen molar-refractivity contribution in [3.63, 3.8) is 0 Å². The molecule has 0 amide bonds. The van der Waals surface area contributed by atoms with E-state index in [1.807, 2.05) is 0 Å². The Hall–Kier alpha value is -1.70. The van der Waals surface area contributed by atoms with Crippen molar-refractivity contribution in [2.75, 3.05) is 6.61 Å². The number of hydrogen-bond acceptors (Lipinski definition) is 1. The minimum absolute atomic E-state index is 0.339. The molecule has 0 radical (unpaired) electrons. The Morgan fingerprint density at radius 3 is 1.48 bits per heavy atom. The van der Waals surface area contributed by atoms with Crippen molar-refractivity contribution >= 4 is 0 Å². The highest BCUT2D eigenvalue weighted by Crippen LogP contribution is 2.11. The van der Waals surface area contributed by atoms with Gasteiger partial charge in [0.2, 0.25) is 0 Å². The number of benzene rings is 1. The predicted molar refractivity (Wildman–Crippen MR) is 127 cm³/mol. The second kappa shape index (κ2) is 21.0. The number of hydrogen-bond donors (Lipinski definition) is 1. The molecule has 1 nitrogen and oxygen atoms in total. The summed E-state index contributed by atoms with van der Waals surface area (Å²) in [7, 11) is 0. The fourth-order valence-electron chi connectivity index (χ4n) is 3.49. The van der Waals surface area contributed by atoms with E-state index < -0.39 is 0 Å². The minimum Gasteiger partial charge on any atom is -0.396 e. The lowest BCUT2D eigenvalue weighted by Crippen LogP contribution is -1.85. The van der Waals surface area contributed by atoms with E-state index in [0.29, 0.717) is 6.61 Å². The van der Waals surface area contributed by atoms with Gasteiger partial charge in [0, 0.05) is 19.4 Å². The van der Waals surface area contributed by atoms with Crippen LogP contribution in [0.2, 0.25) is 0 Å². The molecule has 29 heavy (non-hydrogen) atoms. The summed E-state index contributed by atoms with van der Waals surface area (Å²) in [5.41, 5.74) is 1.47. The van der Waals surface area contributed by atoms with Crippen molar-refractivity contribution in [1.29, 1.82) is 0 Å². The van der Waals surface area contributed by atoms with Crippen molar-refractivity contribution in [2.45, 2.75) is 109 Å². The molecule has 0 atom stereocenters. The Morgan fingerprint density at radius 1 is 0.517 bits per heavy atom. The van der Waals surface area contributed by atoms with E-state index in [4.69, 9.17) is 5.11 Å². The maximum atomic E-state index is 8.72. The SMILES string of the molecule is OCCCCCCCCCC#CC#CCCCCCCCCCc1ccccc1. The Labute approximate surface area is 180 Å². The molecule has 0 heterocycles. The highest BCUT2D eigenvalue weighted by Gasteiger charge is 1.94. The molecule has 0 spiro atoms. The number of unbranched alkanes of at least 4 members (excludes halogenated alkanes) is 14. The Balaban J connectivity index is 1.79. The van der Waals surface area contributed by atoms with E-state index in [0.717, 1.165) is 19.3 Å². The van der Waals surface area contributed by atoms with Gasteiger partial charge in [0.05, 0.1) is 0 Å². The standard InChI is InChI=1S/C28H42O/c29-27-23-18-16-14-12-10-8-6-4-2-1-3-5-7-9-11-13-15-17-20-24-28-25-21-19-22-26-28/h19,21-22,25-26,29H,5-18,20,23-24,27H2. The number of rotatable bonds is 17. The Bertz CT molecular complexity index is 581. The molecule has 0 unspecified atom stereocenters. The molecule has 0 aliphatic carbocycles. The van der Waals surface area contributed by atoms with Crippen LogP contribution in [0.5, 0.6) is 0 Å². The largest absolute Gasteiger partial charge is 0.396 e. The summed E-state index contributed by atoms with van der Waals surface area (Å²) in [4.78, 5) is 0. The summed E-state index contributed by atoms with van der Waals surface area (Å²) in [6.07, 6.45) is 20.9. The highest BCUT2D eigenvalue weighted by molar-refractivity contribution is 5.25. The molecule has 0 aromatic heterocycles. The summed E-state index contributed by atoms with van der Waals surface area (Å²) >= 11 is 0. The van der Waals surface area contributed by atoms with E-state index >= 15 is 0 Å². The Morgan fingerprint density at radius 2 is 0.966 bits per heavy atom. The number of aliphatic hydroxyl groups is 1. The maximum absolute atomic E-state index is 8.72. The predicted octanol–water partition coefficient (Wildman–Crippen LogP) is 7.47. The monoisotopic (exact) mass is 394 g/mol. The number of aliphatic hydroxyl groups excluding tert-OH is 1. The average molecular weight is 395 g/mol. The zero-order valence-corrected chi connectivity index (χ0v) is 18.6. The lowest BCUT2D eigenvalue weighted by atomic mass is 10.0. The van der Waals surface area contributed by atoms with Crippen LogP contribution >= 0.6 is 0 Å². The summed E-state index contributed by atoms with van der Waals surface area (Å²) in [6.45, 7) is 0.339. The summed E-state index contributed by atoms with van der Waals surface area (Å²) in [5, 5.41) is 8.72. The van der Waals surface area contributed by atoms with Crippen LogP contribution in [0.25, 0.3) is 0 Å². The van der Waals surface area contributed by atoms with E-state index in [1.54, 1.807) is 0 Å². The molecular formula is C28H42O. The first-order chi connectivity index (χ1) is 14.4. The van der Waals surface area contributed by atoms with E-state index in [1.165, 1.54) is 95.5 Å². The molecule has 1 rings (SSSR count). The maximum Gasteiger partial charge on any atom is 0.0431 e. The average Bonchev–Trinajstić information content (AvgIpc) is 2.75. The summed E-state index contributed by atoms with van der Waals surface area (Å²) in [6, 6.07) is 10.8. The third kappa shape index (κ3) is 18.1. The van der Waals surface area contributed by atoms with E-state index in [2.05, 4.69) is 54.0 Å².